The van der Waals surface area contributed by atoms with Crippen LogP contribution < -0.4 is 5.32 Å². The third-order valence-electron chi connectivity index (χ3n) is 4.26. The maximum atomic E-state index is 11.7. The fourth-order valence-corrected chi connectivity index (χ4v) is 2.64. The van der Waals surface area contributed by atoms with Crippen LogP contribution in [0.1, 0.15) is 24.8 Å². The number of aromatic nitrogens is 2. The van der Waals surface area contributed by atoms with E-state index in [1.165, 1.54) is 12.0 Å². The molecule has 1 saturated carbocycles. The van der Waals surface area contributed by atoms with Crippen molar-refractivity contribution >= 4 is 5.91 Å². The van der Waals surface area contributed by atoms with E-state index in [0.29, 0.717) is 0 Å². The van der Waals surface area contributed by atoms with Gasteiger partial charge in [-0.2, -0.15) is 5.10 Å². The van der Waals surface area contributed by atoms with Crippen molar-refractivity contribution in [2.45, 2.75) is 25.7 Å². The van der Waals surface area contributed by atoms with Crippen molar-refractivity contribution in [1.29, 1.82) is 0 Å². The van der Waals surface area contributed by atoms with E-state index in [1.807, 2.05) is 17.8 Å². The van der Waals surface area contributed by atoms with Crippen LogP contribution in [0.5, 0.6) is 0 Å². The average molecular weight is 283 g/mol. The molecule has 2 aromatic rings. The molecule has 1 fully saturated rings. The van der Waals surface area contributed by atoms with E-state index in [1.54, 1.807) is 6.20 Å². The Morgan fingerprint density at radius 3 is 2.62 bits per heavy atom. The van der Waals surface area contributed by atoms with Crippen LogP contribution in [0.4, 0.5) is 0 Å². The zero-order valence-electron chi connectivity index (χ0n) is 12.4. The Morgan fingerprint density at radius 1 is 1.29 bits per heavy atom. The standard InChI is InChI=1S/C17H21N3O/c1-20-16(10-12-19-20)14-7-5-13(6-8-14)9-11-18-17(21)15-3-2-4-15/h5-8,10,12,15H,2-4,9,11H2,1H3,(H,18,21). The smallest absolute Gasteiger partial charge is 0.223 e. The summed E-state index contributed by atoms with van der Waals surface area (Å²) in [7, 11) is 1.94. The highest BCUT2D eigenvalue weighted by molar-refractivity contribution is 5.79. The summed E-state index contributed by atoms with van der Waals surface area (Å²) in [6, 6.07) is 10.5. The first kappa shape index (κ1) is 13.9. The molecule has 0 bridgehead atoms. The van der Waals surface area contributed by atoms with Gasteiger partial charge >= 0.3 is 0 Å². The third kappa shape index (κ3) is 3.15. The molecule has 1 aromatic carbocycles. The molecule has 110 valence electrons. The Hall–Kier alpha value is -2.10. The molecule has 0 radical (unpaired) electrons. The van der Waals surface area contributed by atoms with Crippen LogP contribution in [0.15, 0.2) is 36.5 Å². The van der Waals surface area contributed by atoms with Gasteiger partial charge in [0.05, 0.1) is 5.69 Å². The van der Waals surface area contributed by atoms with Gasteiger partial charge in [-0.3, -0.25) is 9.48 Å². The Bertz CT molecular complexity index is 611. The van der Waals surface area contributed by atoms with E-state index >= 15 is 0 Å². The first-order chi connectivity index (χ1) is 10.2. The molecule has 1 aliphatic carbocycles. The highest BCUT2D eigenvalue weighted by Gasteiger charge is 2.24. The SMILES string of the molecule is Cn1nccc1-c1ccc(CCNC(=O)C2CCC2)cc1. The van der Waals surface area contributed by atoms with E-state index in [2.05, 4.69) is 34.7 Å². The van der Waals surface area contributed by atoms with Gasteiger partial charge in [0.2, 0.25) is 5.91 Å². The molecule has 4 nitrogen and oxygen atoms in total. The maximum absolute atomic E-state index is 11.7. The van der Waals surface area contributed by atoms with Gasteiger partial charge in [-0.1, -0.05) is 30.7 Å². The van der Waals surface area contributed by atoms with Crippen LogP contribution in [0.25, 0.3) is 11.3 Å². The summed E-state index contributed by atoms with van der Waals surface area (Å²) in [5.74, 6) is 0.505. The lowest BCUT2D eigenvalue weighted by atomic mass is 9.85. The summed E-state index contributed by atoms with van der Waals surface area (Å²) in [5, 5.41) is 7.21. The zero-order chi connectivity index (χ0) is 14.7. The monoisotopic (exact) mass is 283 g/mol. The predicted molar refractivity (Wildman–Crippen MR) is 82.7 cm³/mol. The molecule has 1 heterocycles. The van der Waals surface area contributed by atoms with Crippen molar-refractivity contribution in [1.82, 2.24) is 15.1 Å². The summed E-state index contributed by atoms with van der Waals surface area (Å²) in [6.07, 6.45) is 6.01. The second kappa shape index (κ2) is 6.12. The number of nitrogens with one attached hydrogen (secondary N) is 1. The molecule has 1 amide bonds. The molecule has 0 aliphatic heterocycles. The minimum Gasteiger partial charge on any atom is -0.356 e. The molecule has 0 atom stereocenters. The van der Waals surface area contributed by atoms with E-state index in [0.717, 1.165) is 37.1 Å². The fraction of sp³-hybridized carbons (Fsp3) is 0.412. The summed E-state index contributed by atoms with van der Waals surface area (Å²) in [5.41, 5.74) is 3.52. The highest BCUT2D eigenvalue weighted by atomic mass is 16.1. The molecular weight excluding hydrogens is 262 g/mol. The van der Waals surface area contributed by atoms with Crippen molar-refractivity contribution in [2.75, 3.05) is 6.54 Å². The molecule has 1 N–H and O–H groups in total. The van der Waals surface area contributed by atoms with E-state index in [4.69, 9.17) is 0 Å². The van der Waals surface area contributed by atoms with Crippen LogP contribution in [0.2, 0.25) is 0 Å². The number of hydrogen-bond acceptors (Lipinski definition) is 2. The molecule has 0 unspecified atom stereocenters. The first-order valence-electron chi connectivity index (χ1n) is 7.59. The number of amides is 1. The molecule has 1 aromatic heterocycles. The second-order valence-electron chi connectivity index (χ2n) is 5.71. The summed E-state index contributed by atoms with van der Waals surface area (Å²) >= 11 is 0. The summed E-state index contributed by atoms with van der Waals surface area (Å²) < 4.78 is 1.87. The van der Waals surface area contributed by atoms with Crippen molar-refractivity contribution in [3.05, 3.63) is 42.1 Å². The number of carbonyl (C=O) groups is 1. The Kier molecular flexibility index (Phi) is 4.04. The van der Waals surface area contributed by atoms with Crippen molar-refractivity contribution in [3.8, 4) is 11.3 Å². The average Bonchev–Trinajstić information content (AvgIpc) is 2.84. The third-order valence-corrected chi connectivity index (χ3v) is 4.26. The van der Waals surface area contributed by atoms with E-state index in [-0.39, 0.29) is 11.8 Å². The summed E-state index contributed by atoms with van der Waals surface area (Å²) in [6.45, 7) is 0.723. The van der Waals surface area contributed by atoms with Gasteiger partial charge in [-0.05, 0) is 36.5 Å². The van der Waals surface area contributed by atoms with E-state index < -0.39 is 0 Å². The molecule has 0 saturated heterocycles. The van der Waals surface area contributed by atoms with Crippen LogP contribution in [-0.2, 0) is 18.3 Å². The maximum Gasteiger partial charge on any atom is 0.223 e. The minimum absolute atomic E-state index is 0.229. The fourth-order valence-electron chi connectivity index (χ4n) is 2.64. The molecule has 3 rings (SSSR count). The molecular formula is C17H21N3O. The molecule has 0 spiro atoms. The van der Waals surface area contributed by atoms with Crippen molar-refractivity contribution in [3.63, 3.8) is 0 Å². The van der Waals surface area contributed by atoms with Crippen LogP contribution >= 0.6 is 0 Å². The zero-order valence-corrected chi connectivity index (χ0v) is 12.4. The highest BCUT2D eigenvalue weighted by Crippen LogP contribution is 2.26. The second-order valence-corrected chi connectivity index (χ2v) is 5.71. The Labute approximate surface area is 125 Å². The van der Waals surface area contributed by atoms with Gasteiger partial charge in [0, 0.05) is 25.7 Å². The Balaban J connectivity index is 1.52. The van der Waals surface area contributed by atoms with Crippen molar-refractivity contribution < 1.29 is 4.79 Å². The molecule has 21 heavy (non-hydrogen) atoms. The quantitative estimate of drug-likeness (QED) is 0.916. The lowest BCUT2D eigenvalue weighted by Crippen LogP contribution is -2.35. The van der Waals surface area contributed by atoms with Crippen LogP contribution in [0.3, 0.4) is 0 Å². The Morgan fingerprint density at radius 2 is 2.05 bits per heavy atom. The predicted octanol–water partition coefficient (Wildman–Crippen LogP) is 2.55. The molecule has 4 heteroatoms. The summed E-state index contributed by atoms with van der Waals surface area (Å²) in [4.78, 5) is 11.7. The number of benzene rings is 1. The number of hydrogen-bond donors (Lipinski definition) is 1. The largest absolute Gasteiger partial charge is 0.356 e. The van der Waals surface area contributed by atoms with Crippen molar-refractivity contribution in [2.24, 2.45) is 13.0 Å². The number of aryl methyl sites for hydroxylation is 1. The van der Waals surface area contributed by atoms with E-state index in [9.17, 15) is 4.79 Å². The lowest BCUT2D eigenvalue weighted by molar-refractivity contribution is -0.127. The minimum atomic E-state index is 0.229. The van der Waals surface area contributed by atoms with Gasteiger partial charge in [-0.25, -0.2) is 0 Å². The number of rotatable bonds is 5. The van der Waals surface area contributed by atoms with Crippen LogP contribution in [-0.4, -0.2) is 22.2 Å². The van der Waals surface area contributed by atoms with Gasteiger partial charge in [-0.15, -0.1) is 0 Å². The topological polar surface area (TPSA) is 46.9 Å². The van der Waals surface area contributed by atoms with Gasteiger partial charge < -0.3 is 5.32 Å². The number of nitrogens with zero attached hydrogens (tertiary/aromatic N) is 2. The normalized spacial score (nSPS) is 14.7. The number of carbonyl (C=O) groups excluding carboxylic acids is 1. The molecule has 1 aliphatic rings. The first-order valence-corrected chi connectivity index (χ1v) is 7.59. The van der Waals surface area contributed by atoms with Gasteiger partial charge in [0.1, 0.15) is 0 Å². The van der Waals surface area contributed by atoms with Gasteiger partial charge in [0.25, 0.3) is 0 Å². The van der Waals surface area contributed by atoms with Gasteiger partial charge in [0.15, 0.2) is 0 Å². The lowest BCUT2D eigenvalue weighted by Gasteiger charge is -2.24. The van der Waals surface area contributed by atoms with Crippen LogP contribution in [0, 0.1) is 5.92 Å².